The fourth-order valence-electron chi connectivity index (χ4n) is 1.70. The van der Waals surface area contributed by atoms with E-state index in [-0.39, 0.29) is 5.84 Å². The first-order valence-electron chi connectivity index (χ1n) is 6.09. The molecular formula is C13H16N4O2S. The smallest absolute Gasteiger partial charge is 0.224 e. The number of aryl methyl sites for hydroxylation is 2. The highest BCUT2D eigenvalue weighted by Gasteiger charge is 2.11. The Morgan fingerprint density at radius 3 is 2.90 bits per heavy atom. The van der Waals surface area contributed by atoms with Crippen molar-refractivity contribution in [2.24, 2.45) is 10.9 Å². The minimum Gasteiger partial charge on any atom is -0.477 e. The van der Waals surface area contributed by atoms with Gasteiger partial charge >= 0.3 is 0 Å². The predicted octanol–water partition coefficient (Wildman–Crippen LogP) is 1.87. The van der Waals surface area contributed by atoms with Crippen LogP contribution in [0.5, 0.6) is 5.88 Å². The van der Waals surface area contributed by atoms with Crippen LogP contribution in [0.2, 0.25) is 0 Å². The molecule has 2 aromatic heterocycles. The molecule has 6 nitrogen and oxygen atoms in total. The van der Waals surface area contributed by atoms with E-state index in [1.165, 1.54) is 4.88 Å². The lowest BCUT2D eigenvalue weighted by atomic mass is 10.2. The molecule has 7 heteroatoms. The SMILES string of the molecule is Cc1ccc(C(N)=NO)c(OCCc2scnc2C)n1. The number of hydrogen-bond donors (Lipinski definition) is 2. The second kappa shape index (κ2) is 6.33. The van der Waals surface area contributed by atoms with Crippen molar-refractivity contribution in [1.82, 2.24) is 9.97 Å². The molecule has 0 bridgehead atoms. The van der Waals surface area contributed by atoms with Crippen molar-refractivity contribution >= 4 is 17.2 Å². The molecule has 0 unspecified atom stereocenters. The quantitative estimate of drug-likeness (QED) is 0.380. The lowest BCUT2D eigenvalue weighted by Crippen LogP contribution is -2.16. The minimum atomic E-state index is -0.0125. The summed E-state index contributed by atoms with van der Waals surface area (Å²) < 4.78 is 5.67. The van der Waals surface area contributed by atoms with Crippen LogP contribution in [0.25, 0.3) is 0 Å². The van der Waals surface area contributed by atoms with Crippen LogP contribution in [0.4, 0.5) is 0 Å². The fourth-order valence-corrected chi connectivity index (χ4v) is 2.46. The average molecular weight is 292 g/mol. The zero-order valence-electron chi connectivity index (χ0n) is 11.3. The summed E-state index contributed by atoms with van der Waals surface area (Å²) in [6.45, 7) is 4.29. The molecule has 0 amide bonds. The Bertz CT molecular complexity index is 625. The number of amidine groups is 1. The van der Waals surface area contributed by atoms with E-state index >= 15 is 0 Å². The van der Waals surface area contributed by atoms with E-state index in [0.717, 1.165) is 17.8 Å². The summed E-state index contributed by atoms with van der Waals surface area (Å²) in [5.41, 5.74) is 9.74. The van der Waals surface area contributed by atoms with Crippen molar-refractivity contribution in [3.8, 4) is 5.88 Å². The van der Waals surface area contributed by atoms with E-state index < -0.39 is 0 Å². The predicted molar refractivity (Wildman–Crippen MR) is 77.5 cm³/mol. The number of hydrogen-bond acceptors (Lipinski definition) is 6. The number of nitrogens with zero attached hydrogens (tertiary/aromatic N) is 3. The molecule has 2 rings (SSSR count). The van der Waals surface area contributed by atoms with Crippen molar-refractivity contribution < 1.29 is 9.94 Å². The molecule has 0 radical (unpaired) electrons. The number of pyridine rings is 1. The zero-order valence-corrected chi connectivity index (χ0v) is 12.1. The van der Waals surface area contributed by atoms with Crippen molar-refractivity contribution in [2.75, 3.05) is 6.61 Å². The first-order valence-corrected chi connectivity index (χ1v) is 6.97. The maximum atomic E-state index is 8.77. The third kappa shape index (κ3) is 3.24. The number of nitrogens with two attached hydrogens (primary N) is 1. The fraction of sp³-hybridized carbons (Fsp3) is 0.308. The van der Waals surface area contributed by atoms with E-state index in [1.54, 1.807) is 23.5 Å². The van der Waals surface area contributed by atoms with Crippen molar-refractivity contribution in [3.63, 3.8) is 0 Å². The first kappa shape index (κ1) is 14.3. The van der Waals surface area contributed by atoms with Gasteiger partial charge in [0.25, 0.3) is 0 Å². The summed E-state index contributed by atoms with van der Waals surface area (Å²) in [7, 11) is 0. The third-order valence-electron chi connectivity index (χ3n) is 2.80. The van der Waals surface area contributed by atoms with Gasteiger partial charge in [-0.15, -0.1) is 11.3 Å². The molecule has 0 fully saturated rings. The summed E-state index contributed by atoms with van der Waals surface area (Å²) in [6.07, 6.45) is 0.752. The molecule has 2 aromatic rings. The minimum absolute atomic E-state index is 0.0125. The Morgan fingerprint density at radius 1 is 1.45 bits per heavy atom. The molecule has 0 saturated heterocycles. The summed E-state index contributed by atoms with van der Waals surface area (Å²) >= 11 is 1.60. The van der Waals surface area contributed by atoms with Gasteiger partial charge in [0.05, 0.1) is 23.4 Å². The Hall–Kier alpha value is -2.15. The van der Waals surface area contributed by atoms with Crippen LogP contribution in [-0.2, 0) is 6.42 Å². The van der Waals surface area contributed by atoms with Crippen LogP contribution in [0.3, 0.4) is 0 Å². The molecule has 0 saturated carbocycles. The van der Waals surface area contributed by atoms with E-state index in [9.17, 15) is 0 Å². The third-order valence-corrected chi connectivity index (χ3v) is 3.79. The standard InChI is InChI=1S/C13H16N4O2S/c1-8-3-4-10(12(14)17-18)13(16-8)19-6-5-11-9(2)15-7-20-11/h3-4,7,18H,5-6H2,1-2H3,(H2,14,17). The van der Waals surface area contributed by atoms with Gasteiger partial charge in [0.15, 0.2) is 5.84 Å². The highest BCUT2D eigenvalue weighted by molar-refractivity contribution is 7.09. The Labute approximate surface area is 120 Å². The molecule has 0 aliphatic carbocycles. The van der Waals surface area contributed by atoms with E-state index in [0.29, 0.717) is 18.1 Å². The van der Waals surface area contributed by atoms with Gasteiger partial charge in [0.2, 0.25) is 5.88 Å². The van der Waals surface area contributed by atoms with Crippen LogP contribution in [0, 0.1) is 13.8 Å². The summed E-state index contributed by atoms with van der Waals surface area (Å²) in [4.78, 5) is 9.65. The Balaban J connectivity index is 2.09. The van der Waals surface area contributed by atoms with Crippen molar-refractivity contribution in [3.05, 3.63) is 39.5 Å². The summed E-state index contributed by atoms with van der Waals surface area (Å²) in [5.74, 6) is 0.365. The van der Waals surface area contributed by atoms with Crippen LogP contribution >= 0.6 is 11.3 Å². The van der Waals surface area contributed by atoms with Gasteiger partial charge in [-0.25, -0.2) is 9.97 Å². The Kier molecular flexibility index (Phi) is 4.52. The monoisotopic (exact) mass is 292 g/mol. The van der Waals surface area contributed by atoms with Crippen molar-refractivity contribution in [1.29, 1.82) is 0 Å². The molecule has 0 aliphatic heterocycles. The van der Waals surface area contributed by atoms with Gasteiger partial charge in [-0.3, -0.25) is 0 Å². The number of aromatic nitrogens is 2. The molecule has 2 heterocycles. The zero-order chi connectivity index (χ0) is 14.5. The molecule has 106 valence electrons. The maximum Gasteiger partial charge on any atom is 0.224 e. The summed E-state index contributed by atoms with van der Waals surface area (Å²) in [5, 5.41) is 11.8. The maximum absolute atomic E-state index is 8.77. The lowest BCUT2D eigenvalue weighted by Gasteiger charge is -2.10. The van der Waals surface area contributed by atoms with Gasteiger partial charge < -0.3 is 15.7 Å². The molecule has 3 N–H and O–H groups in total. The highest BCUT2D eigenvalue weighted by Crippen LogP contribution is 2.18. The molecule has 0 atom stereocenters. The van der Waals surface area contributed by atoms with E-state index in [2.05, 4.69) is 15.1 Å². The number of rotatable bonds is 5. The average Bonchev–Trinajstić information content (AvgIpc) is 2.84. The second-order valence-electron chi connectivity index (χ2n) is 4.25. The summed E-state index contributed by atoms with van der Waals surface area (Å²) in [6, 6.07) is 3.51. The largest absolute Gasteiger partial charge is 0.477 e. The van der Waals surface area contributed by atoms with Crippen LogP contribution in [0.15, 0.2) is 22.8 Å². The van der Waals surface area contributed by atoms with Gasteiger partial charge in [-0.05, 0) is 26.0 Å². The number of thiazole rings is 1. The normalized spacial score (nSPS) is 11.6. The van der Waals surface area contributed by atoms with Gasteiger partial charge in [0.1, 0.15) is 0 Å². The number of oxime groups is 1. The van der Waals surface area contributed by atoms with Gasteiger partial charge in [-0.1, -0.05) is 5.16 Å². The second-order valence-corrected chi connectivity index (χ2v) is 5.19. The molecule has 20 heavy (non-hydrogen) atoms. The Morgan fingerprint density at radius 2 is 2.25 bits per heavy atom. The molecule has 0 aromatic carbocycles. The molecular weight excluding hydrogens is 276 g/mol. The highest BCUT2D eigenvalue weighted by atomic mass is 32.1. The van der Waals surface area contributed by atoms with E-state index in [4.69, 9.17) is 15.7 Å². The van der Waals surface area contributed by atoms with Crippen LogP contribution in [-0.4, -0.2) is 27.6 Å². The lowest BCUT2D eigenvalue weighted by molar-refractivity contribution is 0.305. The van der Waals surface area contributed by atoms with Gasteiger partial charge in [-0.2, -0.15) is 0 Å². The first-order chi connectivity index (χ1) is 9.61. The van der Waals surface area contributed by atoms with E-state index in [1.807, 2.05) is 19.4 Å². The molecule has 0 spiro atoms. The van der Waals surface area contributed by atoms with Gasteiger partial charge in [0, 0.05) is 17.0 Å². The van der Waals surface area contributed by atoms with Crippen molar-refractivity contribution in [2.45, 2.75) is 20.3 Å². The number of ether oxygens (including phenoxy) is 1. The van der Waals surface area contributed by atoms with Crippen LogP contribution in [0.1, 0.15) is 21.8 Å². The van der Waals surface area contributed by atoms with Crippen LogP contribution < -0.4 is 10.5 Å². The topological polar surface area (TPSA) is 93.6 Å². The molecule has 0 aliphatic rings.